The third-order valence-corrected chi connectivity index (χ3v) is 2.81. The lowest BCUT2D eigenvalue weighted by Crippen LogP contribution is -2.38. The summed E-state index contributed by atoms with van der Waals surface area (Å²) < 4.78 is 45.7. The van der Waals surface area contributed by atoms with E-state index in [4.69, 9.17) is 4.42 Å². The van der Waals surface area contributed by atoms with Gasteiger partial charge in [0.05, 0.1) is 5.69 Å². The van der Waals surface area contributed by atoms with Crippen molar-refractivity contribution in [2.75, 3.05) is 26.3 Å². The quantitative estimate of drug-likeness (QED) is 0.433. The van der Waals surface area contributed by atoms with E-state index in [2.05, 4.69) is 25.3 Å². The number of halogens is 3. The molecule has 0 unspecified atom stereocenters. The Morgan fingerprint density at radius 3 is 2.61 bits per heavy atom. The summed E-state index contributed by atoms with van der Waals surface area (Å²) in [6.07, 6.45) is -3.84. The number of hydrogen-bond acceptors (Lipinski definition) is 4. The fraction of sp³-hybridized carbons (Fsp3) is 0.714. The van der Waals surface area contributed by atoms with Crippen molar-refractivity contribution in [3.63, 3.8) is 0 Å². The van der Waals surface area contributed by atoms with Crippen LogP contribution in [0.15, 0.2) is 9.41 Å². The van der Waals surface area contributed by atoms with Crippen LogP contribution in [-0.2, 0) is 11.3 Å². The Kier molecular flexibility index (Phi) is 7.87. The van der Waals surface area contributed by atoms with Crippen molar-refractivity contribution in [3.05, 3.63) is 17.3 Å². The van der Waals surface area contributed by atoms with Crippen molar-refractivity contribution in [3.8, 4) is 0 Å². The Morgan fingerprint density at radius 1 is 1.30 bits per heavy atom. The Labute approximate surface area is 133 Å². The van der Waals surface area contributed by atoms with E-state index in [1.165, 1.54) is 0 Å². The van der Waals surface area contributed by atoms with E-state index in [-0.39, 0.29) is 13.2 Å². The minimum absolute atomic E-state index is 0.0318. The van der Waals surface area contributed by atoms with Crippen molar-refractivity contribution in [2.45, 2.75) is 39.9 Å². The maximum atomic E-state index is 11.9. The van der Waals surface area contributed by atoms with Crippen LogP contribution in [0.1, 0.15) is 30.7 Å². The van der Waals surface area contributed by atoms with Gasteiger partial charge < -0.3 is 19.8 Å². The lowest BCUT2D eigenvalue weighted by molar-refractivity contribution is -0.173. The molecule has 9 heteroatoms. The molecule has 1 aromatic rings. The highest BCUT2D eigenvalue weighted by molar-refractivity contribution is 5.79. The zero-order valence-electron chi connectivity index (χ0n) is 13.6. The third-order valence-electron chi connectivity index (χ3n) is 2.81. The van der Waals surface area contributed by atoms with Crippen molar-refractivity contribution >= 4 is 5.96 Å². The molecule has 0 atom stereocenters. The molecule has 0 amide bonds. The number of aliphatic imine (C=N–C) groups is 1. The standard InChI is InChI=1S/C14H23F3N4O2/c1-4-18-13(19-6-5-7-22-9-14(15,16)17)20-8-12-21-10(2)11(3)23-12/h4-9H2,1-3H3,(H2,18,19,20). The van der Waals surface area contributed by atoms with E-state index < -0.39 is 12.8 Å². The predicted molar refractivity (Wildman–Crippen MR) is 80.3 cm³/mol. The fourth-order valence-corrected chi connectivity index (χ4v) is 1.66. The summed E-state index contributed by atoms with van der Waals surface area (Å²) in [5, 5.41) is 6.06. The number of rotatable bonds is 8. The molecular weight excluding hydrogens is 313 g/mol. The van der Waals surface area contributed by atoms with Crippen molar-refractivity contribution in [2.24, 2.45) is 4.99 Å². The van der Waals surface area contributed by atoms with Crippen LogP contribution in [0.5, 0.6) is 0 Å². The molecular formula is C14H23F3N4O2. The Balaban J connectivity index is 2.32. The number of nitrogens with one attached hydrogen (secondary N) is 2. The topological polar surface area (TPSA) is 71.7 Å². The molecule has 0 aliphatic heterocycles. The molecule has 1 aromatic heterocycles. The van der Waals surface area contributed by atoms with Gasteiger partial charge in [-0.3, -0.25) is 0 Å². The maximum absolute atomic E-state index is 11.9. The van der Waals surface area contributed by atoms with Gasteiger partial charge in [-0.25, -0.2) is 9.98 Å². The molecule has 0 aliphatic carbocycles. The largest absolute Gasteiger partial charge is 0.444 e. The smallest absolute Gasteiger partial charge is 0.411 e. The summed E-state index contributed by atoms with van der Waals surface area (Å²) in [4.78, 5) is 8.54. The number of oxazole rings is 1. The summed E-state index contributed by atoms with van der Waals surface area (Å²) in [6.45, 7) is 5.83. The van der Waals surface area contributed by atoms with Crippen LogP contribution in [0.25, 0.3) is 0 Å². The van der Waals surface area contributed by atoms with Gasteiger partial charge in [-0.05, 0) is 27.2 Å². The van der Waals surface area contributed by atoms with E-state index in [1.54, 1.807) is 0 Å². The Hall–Kier alpha value is -1.77. The number of hydrogen-bond donors (Lipinski definition) is 2. The fourth-order valence-electron chi connectivity index (χ4n) is 1.66. The number of ether oxygens (including phenoxy) is 1. The van der Waals surface area contributed by atoms with Crippen LogP contribution in [0.2, 0.25) is 0 Å². The van der Waals surface area contributed by atoms with Crippen LogP contribution in [-0.4, -0.2) is 43.4 Å². The van der Waals surface area contributed by atoms with E-state index in [0.29, 0.717) is 31.4 Å². The van der Waals surface area contributed by atoms with Crippen LogP contribution in [0.4, 0.5) is 13.2 Å². The molecule has 0 spiro atoms. The number of nitrogens with zero attached hydrogens (tertiary/aromatic N) is 2. The Morgan fingerprint density at radius 2 is 2.04 bits per heavy atom. The van der Waals surface area contributed by atoms with Crippen molar-refractivity contribution in [1.82, 2.24) is 15.6 Å². The van der Waals surface area contributed by atoms with Gasteiger partial charge in [-0.1, -0.05) is 0 Å². The van der Waals surface area contributed by atoms with E-state index in [1.807, 2.05) is 20.8 Å². The molecule has 23 heavy (non-hydrogen) atoms. The average Bonchev–Trinajstić information content (AvgIpc) is 2.77. The summed E-state index contributed by atoms with van der Waals surface area (Å²) in [5.41, 5.74) is 0.829. The first-order valence-electron chi connectivity index (χ1n) is 7.41. The lowest BCUT2D eigenvalue weighted by atomic mass is 10.4. The highest BCUT2D eigenvalue weighted by Crippen LogP contribution is 2.14. The molecule has 6 nitrogen and oxygen atoms in total. The summed E-state index contributed by atoms with van der Waals surface area (Å²) >= 11 is 0. The van der Waals surface area contributed by atoms with Gasteiger partial charge in [0.1, 0.15) is 18.9 Å². The zero-order chi connectivity index (χ0) is 17.3. The van der Waals surface area contributed by atoms with Gasteiger partial charge >= 0.3 is 6.18 Å². The van der Waals surface area contributed by atoms with E-state index >= 15 is 0 Å². The maximum Gasteiger partial charge on any atom is 0.411 e. The van der Waals surface area contributed by atoms with Gasteiger partial charge in [0, 0.05) is 19.7 Å². The second-order valence-electron chi connectivity index (χ2n) is 4.89. The Bertz CT molecular complexity index is 481. The van der Waals surface area contributed by atoms with Gasteiger partial charge in [0.15, 0.2) is 5.96 Å². The monoisotopic (exact) mass is 336 g/mol. The second-order valence-corrected chi connectivity index (χ2v) is 4.89. The minimum atomic E-state index is -4.28. The number of aromatic nitrogens is 1. The van der Waals surface area contributed by atoms with Gasteiger partial charge in [0.2, 0.25) is 5.89 Å². The van der Waals surface area contributed by atoms with E-state index in [9.17, 15) is 13.2 Å². The third kappa shape index (κ3) is 8.44. The first-order chi connectivity index (χ1) is 10.8. The van der Waals surface area contributed by atoms with Crippen molar-refractivity contribution < 1.29 is 22.3 Å². The molecule has 0 aliphatic rings. The molecule has 132 valence electrons. The SMILES string of the molecule is CCNC(=NCc1nc(C)c(C)o1)NCCCOCC(F)(F)F. The molecule has 1 heterocycles. The second kappa shape index (κ2) is 9.39. The highest BCUT2D eigenvalue weighted by atomic mass is 19.4. The predicted octanol–water partition coefficient (Wildman–Crippen LogP) is 2.32. The molecule has 0 aromatic carbocycles. The number of aryl methyl sites for hydroxylation is 2. The summed E-state index contributed by atoms with van der Waals surface area (Å²) in [6, 6.07) is 0. The minimum Gasteiger partial charge on any atom is -0.444 e. The molecule has 2 N–H and O–H groups in total. The molecule has 0 saturated heterocycles. The summed E-state index contributed by atoms with van der Waals surface area (Å²) in [5.74, 6) is 1.83. The van der Waals surface area contributed by atoms with E-state index in [0.717, 1.165) is 11.5 Å². The average molecular weight is 336 g/mol. The van der Waals surface area contributed by atoms with Gasteiger partial charge in [-0.15, -0.1) is 0 Å². The van der Waals surface area contributed by atoms with Crippen molar-refractivity contribution in [1.29, 1.82) is 0 Å². The van der Waals surface area contributed by atoms with Crippen LogP contribution >= 0.6 is 0 Å². The van der Waals surface area contributed by atoms with Crippen LogP contribution in [0, 0.1) is 13.8 Å². The van der Waals surface area contributed by atoms with Gasteiger partial charge in [0.25, 0.3) is 0 Å². The molecule has 0 radical (unpaired) electrons. The van der Waals surface area contributed by atoms with Gasteiger partial charge in [-0.2, -0.15) is 13.2 Å². The highest BCUT2D eigenvalue weighted by Gasteiger charge is 2.27. The normalized spacial score (nSPS) is 12.5. The summed E-state index contributed by atoms with van der Waals surface area (Å²) in [7, 11) is 0. The number of guanidine groups is 1. The molecule has 0 bridgehead atoms. The first-order valence-corrected chi connectivity index (χ1v) is 7.41. The van der Waals surface area contributed by atoms with Crippen LogP contribution in [0.3, 0.4) is 0 Å². The lowest BCUT2D eigenvalue weighted by Gasteiger charge is -2.11. The molecule has 0 saturated carbocycles. The molecule has 0 fully saturated rings. The van der Waals surface area contributed by atoms with Crippen LogP contribution < -0.4 is 10.6 Å². The molecule has 1 rings (SSSR count). The number of alkyl halides is 3. The zero-order valence-corrected chi connectivity index (χ0v) is 13.6. The first kappa shape index (κ1) is 19.3.